The molecule has 39 heavy (non-hydrogen) atoms. The van der Waals surface area contributed by atoms with Crippen molar-refractivity contribution in [3.63, 3.8) is 0 Å². The highest BCUT2D eigenvalue weighted by atomic mass is 35.5. The Bertz CT molecular complexity index is 1270. The number of nitrogens with one attached hydrogen (secondary N) is 3. The molecule has 0 aliphatic heterocycles. The zero-order valence-electron chi connectivity index (χ0n) is 19.2. The van der Waals surface area contributed by atoms with E-state index in [9.17, 15) is 36.3 Å². The molecule has 0 spiro atoms. The first-order valence-electron chi connectivity index (χ1n) is 10.9. The largest absolute Gasteiger partial charge is 0.463 e. The van der Waals surface area contributed by atoms with Crippen molar-refractivity contribution in [2.45, 2.75) is 28.8 Å². The van der Waals surface area contributed by atoms with Crippen LogP contribution in [0.4, 0.5) is 27.6 Å². The van der Waals surface area contributed by atoms with Crippen molar-refractivity contribution in [1.29, 1.82) is 0 Å². The SMILES string of the molecule is O=C(NCCCNC(=O)C(F)(F)C(F)(F)F)c1cc(NC(=O)[C@H]2[C@H](c3cc(Cl)cc(Cl)c3)C2(Cl)Cl)ccc1Cl. The van der Waals surface area contributed by atoms with Crippen molar-refractivity contribution in [3.8, 4) is 0 Å². The maximum Gasteiger partial charge on any atom is 0.463 e. The second kappa shape index (κ2) is 11.8. The van der Waals surface area contributed by atoms with E-state index in [0.29, 0.717) is 15.6 Å². The Balaban J connectivity index is 1.56. The van der Waals surface area contributed by atoms with Gasteiger partial charge in [-0.05, 0) is 48.4 Å². The van der Waals surface area contributed by atoms with Gasteiger partial charge in [0, 0.05) is 34.7 Å². The van der Waals surface area contributed by atoms with Crippen LogP contribution in [-0.4, -0.2) is 47.2 Å². The molecular formula is C23H17Cl5F5N3O3. The highest BCUT2D eigenvalue weighted by Gasteiger charge is 2.67. The minimum atomic E-state index is -6.03. The van der Waals surface area contributed by atoms with Crippen molar-refractivity contribution < 1.29 is 36.3 Å². The smallest absolute Gasteiger partial charge is 0.352 e. The minimum Gasteiger partial charge on any atom is -0.352 e. The van der Waals surface area contributed by atoms with Crippen LogP contribution in [0.15, 0.2) is 36.4 Å². The van der Waals surface area contributed by atoms with E-state index in [2.05, 4.69) is 10.6 Å². The van der Waals surface area contributed by atoms with Gasteiger partial charge in [-0.2, -0.15) is 22.0 Å². The topological polar surface area (TPSA) is 87.3 Å². The molecule has 0 unspecified atom stereocenters. The molecule has 0 saturated heterocycles. The Morgan fingerprint density at radius 1 is 0.872 bits per heavy atom. The average molecular weight is 656 g/mol. The fourth-order valence-corrected chi connectivity index (χ4v) is 5.22. The van der Waals surface area contributed by atoms with Crippen LogP contribution in [0, 0.1) is 5.92 Å². The first kappa shape index (κ1) is 31.5. The standard InChI is InChI=1S/C23H17Cl5F5N3O3/c24-11-6-10(7-12(25)8-11)16-17(21(16,27)28)19(38)36-13-2-3-15(26)14(9-13)18(37)34-4-1-5-35-20(39)22(29,30)23(31,32)33/h2-3,6-9,16-17H,1,4-5H2,(H,34,37)(H,35,39)(H,36,38)/t16-,17+/m0/s1. The molecule has 1 aliphatic carbocycles. The Labute approximate surface area is 243 Å². The molecule has 1 fully saturated rings. The van der Waals surface area contributed by atoms with E-state index in [0.717, 1.165) is 0 Å². The molecule has 1 aliphatic rings. The van der Waals surface area contributed by atoms with E-state index in [1.165, 1.54) is 29.6 Å². The number of carbonyl (C=O) groups excluding carboxylic acids is 3. The maximum absolute atomic E-state index is 12.9. The van der Waals surface area contributed by atoms with Gasteiger partial charge in [-0.15, -0.1) is 23.2 Å². The lowest BCUT2D eigenvalue weighted by Crippen LogP contribution is -2.50. The third-order valence-corrected chi connectivity index (χ3v) is 7.33. The van der Waals surface area contributed by atoms with Crippen molar-refractivity contribution >= 4 is 81.4 Å². The number of hydrogen-bond acceptors (Lipinski definition) is 3. The molecule has 2 aromatic rings. The van der Waals surface area contributed by atoms with Crippen LogP contribution in [0.25, 0.3) is 0 Å². The number of anilines is 1. The van der Waals surface area contributed by atoms with Gasteiger partial charge in [0.1, 0.15) is 4.33 Å². The highest BCUT2D eigenvalue weighted by Crippen LogP contribution is 2.65. The summed E-state index contributed by atoms with van der Waals surface area (Å²) in [7, 11) is 0. The molecule has 2 aromatic carbocycles. The van der Waals surface area contributed by atoms with E-state index >= 15 is 0 Å². The van der Waals surface area contributed by atoms with E-state index in [-0.39, 0.29) is 29.2 Å². The van der Waals surface area contributed by atoms with Crippen molar-refractivity contribution in [2.75, 3.05) is 18.4 Å². The van der Waals surface area contributed by atoms with E-state index in [1.54, 1.807) is 12.1 Å². The lowest BCUT2D eigenvalue weighted by atomic mass is 10.1. The summed E-state index contributed by atoms with van der Waals surface area (Å²) in [5.74, 6) is -10.8. The lowest BCUT2D eigenvalue weighted by Gasteiger charge is -2.18. The summed E-state index contributed by atoms with van der Waals surface area (Å²) in [6.07, 6.45) is -6.19. The van der Waals surface area contributed by atoms with Gasteiger partial charge in [-0.25, -0.2) is 0 Å². The van der Waals surface area contributed by atoms with Crippen LogP contribution < -0.4 is 16.0 Å². The van der Waals surface area contributed by atoms with Crippen LogP contribution >= 0.6 is 58.0 Å². The Morgan fingerprint density at radius 3 is 2.05 bits per heavy atom. The number of carbonyl (C=O) groups is 3. The van der Waals surface area contributed by atoms with E-state index < -0.39 is 52.5 Å². The molecule has 3 amide bonds. The third kappa shape index (κ3) is 7.18. The van der Waals surface area contributed by atoms with Crippen LogP contribution in [0.3, 0.4) is 0 Å². The normalized spacial score (nSPS) is 18.3. The summed E-state index contributed by atoms with van der Waals surface area (Å²) >= 11 is 30.8. The number of hydrogen-bond donors (Lipinski definition) is 3. The van der Waals surface area contributed by atoms with Crippen LogP contribution in [0.1, 0.15) is 28.3 Å². The first-order valence-corrected chi connectivity index (χ1v) is 12.8. The molecule has 3 N–H and O–H groups in total. The molecule has 3 rings (SSSR count). The van der Waals surface area contributed by atoms with Crippen molar-refractivity contribution in [1.82, 2.24) is 10.6 Å². The minimum absolute atomic E-state index is 0.00511. The molecule has 2 atom stereocenters. The second-order valence-corrected chi connectivity index (χ2v) is 11.2. The number of benzene rings is 2. The molecule has 6 nitrogen and oxygen atoms in total. The maximum atomic E-state index is 12.9. The van der Waals surface area contributed by atoms with Crippen LogP contribution in [-0.2, 0) is 9.59 Å². The molecule has 16 heteroatoms. The summed E-state index contributed by atoms with van der Waals surface area (Å²) in [5, 5.41) is 7.13. The number of rotatable bonds is 9. The summed E-state index contributed by atoms with van der Waals surface area (Å²) in [6.45, 7) is -0.760. The zero-order valence-corrected chi connectivity index (χ0v) is 23.0. The molecule has 0 bridgehead atoms. The third-order valence-electron chi connectivity index (χ3n) is 5.62. The molecule has 1 saturated carbocycles. The van der Waals surface area contributed by atoms with Crippen molar-refractivity contribution in [2.24, 2.45) is 5.92 Å². The van der Waals surface area contributed by atoms with Gasteiger partial charge in [0.2, 0.25) is 5.91 Å². The van der Waals surface area contributed by atoms with Gasteiger partial charge >= 0.3 is 12.1 Å². The van der Waals surface area contributed by atoms with E-state index in [1.807, 2.05) is 0 Å². The van der Waals surface area contributed by atoms with Crippen LogP contribution in [0.5, 0.6) is 0 Å². The lowest BCUT2D eigenvalue weighted by molar-refractivity contribution is -0.269. The summed E-state index contributed by atoms with van der Waals surface area (Å²) in [4.78, 5) is 36.5. The van der Waals surface area contributed by atoms with Gasteiger partial charge in [0.25, 0.3) is 11.8 Å². The number of alkyl halides is 7. The fourth-order valence-electron chi connectivity index (χ4n) is 3.65. The molecular weight excluding hydrogens is 639 g/mol. The summed E-state index contributed by atoms with van der Waals surface area (Å²) in [5.41, 5.74) is 0.668. The van der Waals surface area contributed by atoms with Gasteiger partial charge in [0.05, 0.1) is 16.5 Å². The Morgan fingerprint density at radius 2 is 1.46 bits per heavy atom. The van der Waals surface area contributed by atoms with Gasteiger partial charge in [0.15, 0.2) is 0 Å². The van der Waals surface area contributed by atoms with E-state index in [4.69, 9.17) is 58.0 Å². The predicted molar refractivity (Wildman–Crippen MR) is 138 cm³/mol. The zero-order chi connectivity index (χ0) is 29.3. The monoisotopic (exact) mass is 653 g/mol. The predicted octanol–water partition coefficient (Wildman–Crippen LogP) is 6.61. The number of halogens is 10. The van der Waals surface area contributed by atoms with Gasteiger partial charge in [-0.3, -0.25) is 14.4 Å². The number of amides is 3. The van der Waals surface area contributed by atoms with Crippen molar-refractivity contribution in [3.05, 3.63) is 62.6 Å². The summed E-state index contributed by atoms with van der Waals surface area (Å²) < 4.78 is 60.9. The fraction of sp³-hybridized carbons (Fsp3) is 0.348. The Hall–Kier alpha value is -2.05. The quantitative estimate of drug-likeness (QED) is 0.162. The molecule has 0 aromatic heterocycles. The van der Waals surface area contributed by atoms with Gasteiger partial charge < -0.3 is 16.0 Å². The summed E-state index contributed by atoms with van der Waals surface area (Å²) in [6, 6.07) is 8.70. The molecule has 0 radical (unpaired) electrons. The van der Waals surface area contributed by atoms with Crippen LogP contribution in [0.2, 0.25) is 15.1 Å². The first-order chi connectivity index (χ1) is 18.0. The molecule has 0 heterocycles. The second-order valence-electron chi connectivity index (χ2n) is 8.45. The highest BCUT2D eigenvalue weighted by molar-refractivity contribution is 6.53. The molecule has 212 valence electrons. The Kier molecular flexibility index (Phi) is 9.54. The van der Waals surface area contributed by atoms with Gasteiger partial charge in [-0.1, -0.05) is 34.8 Å². The average Bonchev–Trinajstić information content (AvgIpc) is 3.40.